The maximum atomic E-state index is 12.1. The van der Waals surface area contributed by atoms with Gasteiger partial charge < -0.3 is 15.3 Å². The number of carbonyl (C=O) groups excluding carboxylic acids is 1. The van der Waals surface area contributed by atoms with Gasteiger partial charge in [0, 0.05) is 26.1 Å². The van der Waals surface area contributed by atoms with E-state index in [4.69, 9.17) is 5.11 Å². The Morgan fingerprint density at radius 3 is 2.15 bits per heavy atom. The molecule has 118 valence electrons. The van der Waals surface area contributed by atoms with Gasteiger partial charge in [0.05, 0.1) is 0 Å². The van der Waals surface area contributed by atoms with Crippen molar-refractivity contribution in [2.24, 2.45) is 17.8 Å². The average Bonchev–Trinajstić information content (AvgIpc) is 2.30. The molecule has 0 aliphatic rings. The lowest BCUT2D eigenvalue weighted by Gasteiger charge is -2.25. The van der Waals surface area contributed by atoms with Crippen molar-refractivity contribution in [3.63, 3.8) is 0 Å². The maximum absolute atomic E-state index is 12.1. The van der Waals surface area contributed by atoms with E-state index in [2.05, 4.69) is 33.0 Å². The minimum absolute atomic E-state index is 0.00536. The van der Waals surface area contributed by atoms with E-state index in [9.17, 15) is 9.59 Å². The smallest absolute Gasteiger partial charge is 0.317 e. The molecule has 0 heterocycles. The number of nitrogens with one attached hydrogen (secondary N) is 1. The highest BCUT2D eigenvalue weighted by molar-refractivity contribution is 5.74. The standard InChI is InChI=1S/C15H30N2O3/c1-6-17(10-12(4)5)15(20)16-9-13(7-11(2)3)8-14(18)19/h11-13H,6-10H2,1-5H3,(H,16,20)(H,18,19). The first-order chi connectivity index (χ1) is 9.26. The molecule has 0 fully saturated rings. The number of urea groups is 1. The molecule has 0 aromatic rings. The Labute approximate surface area is 122 Å². The van der Waals surface area contributed by atoms with Crippen molar-refractivity contribution in [1.29, 1.82) is 0 Å². The summed E-state index contributed by atoms with van der Waals surface area (Å²) in [6.45, 7) is 12.0. The fourth-order valence-electron chi connectivity index (χ4n) is 2.29. The summed E-state index contributed by atoms with van der Waals surface area (Å²) in [6.07, 6.45) is 0.914. The summed E-state index contributed by atoms with van der Waals surface area (Å²) in [4.78, 5) is 24.7. The average molecular weight is 286 g/mol. The molecule has 1 unspecified atom stereocenters. The minimum atomic E-state index is -0.806. The zero-order valence-corrected chi connectivity index (χ0v) is 13.5. The fraction of sp³-hybridized carbons (Fsp3) is 0.867. The number of amides is 2. The van der Waals surface area contributed by atoms with Crippen molar-refractivity contribution < 1.29 is 14.7 Å². The van der Waals surface area contributed by atoms with Crippen molar-refractivity contribution in [2.75, 3.05) is 19.6 Å². The molecule has 1 atom stereocenters. The van der Waals surface area contributed by atoms with Crippen LogP contribution in [0.15, 0.2) is 0 Å². The third kappa shape index (κ3) is 8.77. The van der Waals surface area contributed by atoms with Crippen LogP contribution in [0.4, 0.5) is 4.79 Å². The first-order valence-corrected chi connectivity index (χ1v) is 7.50. The molecule has 0 bridgehead atoms. The third-order valence-electron chi connectivity index (χ3n) is 3.06. The lowest BCUT2D eigenvalue weighted by atomic mass is 9.94. The van der Waals surface area contributed by atoms with Crippen LogP contribution in [0.3, 0.4) is 0 Å². The summed E-state index contributed by atoms with van der Waals surface area (Å²) in [5.41, 5.74) is 0. The van der Waals surface area contributed by atoms with Gasteiger partial charge >= 0.3 is 12.0 Å². The number of rotatable bonds is 9. The number of carbonyl (C=O) groups is 2. The van der Waals surface area contributed by atoms with Crippen molar-refractivity contribution in [3.05, 3.63) is 0 Å². The molecule has 0 aliphatic heterocycles. The summed E-state index contributed by atoms with van der Waals surface area (Å²) < 4.78 is 0. The van der Waals surface area contributed by atoms with E-state index >= 15 is 0 Å². The van der Waals surface area contributed by atoms with Gasteiger partial charge in [0.25, 0.3) is 0 Å². The molecule has 0 saturated heterocycles. The molecule has 0 aromatic heterocycles. The first kappa shape index (κ1) is 18.7. The van der Waals surface area contributed by atoms with Gasteiger partial charge in [0.2, 0.25) is 0 Å². The molecule has 0 aliphatic carbocycles. The molecule has 20 heavy (non-hydrogen) atoms. The Kier molecular flexibility index (Phi) is 9.01. The van der Waals surface area contributed by atoms with E-state index in [-0.39, 0.29) is 18.4 Å². The SMILES string of the molecule is CCN(CC(C)C)C(=O)NCC(CC(=O)O)CC(C)C. The number of nitrogens with zero attached hydrogens (tertiary/aromatic N) is 1. The molecule has 5 nitrogen and oxygen atoms in total. The number of carboxylic acid groups (broad SMARTS) is 1. The Morgan fingerprint density at radius 2 is 1.75 bits per heavy atom. The van der Waals surface area contributed by atoms with Crippen LogP contribution in [-0.2, 0) is 4.79 Å². The normalized spacial score (nSPS) is 12.6. The van der Waals surface area contributed by atoms with Gasteiger partial charge in [-0.1, -0.05) is 27.7 Å². The topological polar surface area (TPSA) is 69.6 Å². The van der Waals surface area contributed by atoms with Crippen LogP contribution in [0.2, 0.25) is 0 Å². The third-order valence-corrected chi connectivity index (χ3v) is 3.06. The summed E-state index contributed by atoms with van der Waals surface area (Å²) in [5.74, 6) is 0.0361. The zero-order chi connectivity index (χ0) is 15.7. The van der Waals surface area contributed by atoms with E-state index in [1.165, 1.54) is 0 Å². The first-order valence-electron chi connectivity index (χ1n) is 7.50. The second kappa shape index (κ2) is 9.61. The number of hydrogen-bond acceptors (Lipinski definition) is 2. The summed E-state index contributed by atoms with van der Waals surface area (Å²) in [5, 5.41) is 11.8. The van der Waals surface area contributed by atoms with Crippen molar-refractivity contribution in [3.8, 4) is 0 Å². The molecule has 0 spiro atoms. The van der Waals surface area contributed by atoms with Gasteiger partial charge in [-0.3, -0.25) is 4.79 Å². The molecular formula is C15H30N2O3. The summed E-state index contributed by atoms with van der Waals surface area (Å²) >= 11 is 0. The summed E-state index contributed by atoms with van der Waals surface area (Å²) in [7, 11) is 0. The molecule has 0 radical (unpaired) electrons. The lowest BCUT2D eigenvalue weighted by Crippen LogP contribution is -2.43. The van der Waals surface area contributed by atoms with Crippen molar-refractivity contribution in [1.82, 2.24) is 10.2 Å². The molecule has 0 aromatic carbocycles. The Bertz CT molecular complexity index is 303. The fourth-order valence-corrected chi connectivity index (χ4v) is 2.29. The van der Waals surface area contributed by atoms with Crippen LogP contribution in [0.5, 0.6) is 0 Å². The number of aliphatic carboxylic acids is 1. The quantitative estimate of drug-likeness (QED) is 0.684. The van der Waals surface area contributed by atoms with Gasteiger partial charge in [-0.05, 0) is 31.1 Å². The highest BCUT2D eigenvalue weighted by atomic mass is 16.4. The van der Waals surface area contributed by atoms with Gasteiger partial charge in [0.1, 0.15) is 0 Å². The van der Waals surface area contributed by atoms with Crippen LogP contribution in [0.1, 0.15) is 47.5 Å². The Hall–Kier alpha value is -1.26. The van der Waals surface area contributed by atoms with Crippen LogP contribution < -0.4 is 5.32 Å². The summed E-state index contributed by atoms with van der Waals surface area (Å²) in [6, 6.07) is -0.0969. The Balaban J connectivity index is 4.36. The Morgan fingerprint density at radius 1 is 1.15 bits per heavy atom. The molecule has 0 rings (SSSR count). The maximum Gasteiger partial charge on any atom is 0.317 e. The second-order valence-corrected chi connectivity index (χ2v) is 6.21. The second-order valence-electron chi connectivity index (χ2n) is 6.21. The molecule has 2 N–H and O–H groups in total. The zero-order valence-electron chi connectivity index (χ0n) is 13.5. The number of hydrogen-bond donors (Lipinski definition) is 2. The van der Waals surface area contributed by atoms with Gasteiger partial charge in [-0.2, -0.15) is 0 Å². The van der Waals surface area contributed by atoms with E-state index in [1.807, 2.05) is 6.92 Å². The van der Waals surface area contributed by atoms with E-state index < -0.39 is 5.97 Å². The van der Waals surface area contributed by atoms with Crippen molar-refractivity contribution >= 4 is 12.0 Å². The van der Waals surface area contributed by atoms with Gasteiger partial charge in [-0.25, -0.2) is 4.79 Å². The minimum Gasteiger partial charge on any atom is -0.481 e. The predicted octanol–water partition coefficient (Wildman–Crippen LogP) is 2.81. The highest BCUT2D eigenvalue weighted by Crippen LogP contribution is 2.15. The molecule has 0 saturated carbocycles. The highest BCUT2D eigenvalue weighted by Gasteiger charge is 2.18. The molecule has 5 heteroatoms. The molecular weight excluding hydrogens is 256 g/mol. The van der Waals surface area contributed by atoms with E-state index in [0.29, 0.717) is 24.9 Å². The van der Waals surface area contributed by atoms with E-state index in [0.717, 1.165) is 13.0 Å². The lowest BCUT2D eigenvalue weighted by molar-refractivity contribution is -0.138. The monoisotopic (exact) mass is 286 g/mol. The largest absolute Gasteiger partial charge is 0.481 e. The van der Waals surface area contributed by atoms with Crippen LogP contribution in [-0.4, -0.2) is 41.6 Å². The predicted molar refractivity (Wildman–Crippen MR) is 80.7 cm³/mol. The van der Waals surface area contributed by atoms with Gasteiger partial charge in [0.15, 0.2) is 0 Å². The molecule has 2 amide bonds. The van der Waals surface area contributed by atoms with E-state index in [1.54, 1.807) is 4.90 Å². The van der Waals surface area contributed by atoms with Crippen molar-refractivity contribution in [2.45, 2.75) is 47.5 Å². The van der Waals surface area contributed by atoms with Gasteiger partial charge in [-0.15, -0.1) is 0 Å². The van der Waals surface area contributed by atoms with Crippen LogP contribution in [0.25, 0.3) is 0 Å². The van der Waals surface area contributed by atoms with Crippen LogP contribution in [0, 0.1) is 17.8 Å². The van der Waals surface area contributed by atoms with Crippen LogP contribution >= 0.6 is 0 Å². The number of carboxylic acids is 1.